The average Bonchev–Trinajstić information content (AvgIpc) is 3.16. The fraction of sp³-hybridized carbons (Fsp3) is 0.643. The number of aliphatic hydroxyl groups is 1. The van der Waals surface area contributed by atoms with Gasteiger partial charge in [0.25, 0.3) is 0 Å². The fourth-order valence-electron chi connectivity index (χ4n) is 2.97. The highest BCUT2D eigenvalue weighted by molar-refractivity contribution is 5.70. The van der Waals surface area contributed by atoms with Crippen molar-refractivity contribution >= 4 is 5.97 Å². The lowest BCUT2D eigenvalue weighted by molar-refractivity contribution is -0.145. The Morgan fingerprint density at radius 3 is 2.78 bits per heavy atom. The summed E-state index contributed by atoms with van der Waals surface area (Å²) >= 11 is 0. The van der Waals surface area contributed by atoms with E-state index in [0.29, 0.717) is 45.2 Å². The molecule has 0 aliphatic heterocycles. The highest BCUT2D eigenvalue weighted by Crippen LogP contribution is 2.33. The first kappa shape index (κ1) is 15.6. The van der Waals surface area contributed by atoms with E-state index >= 15 is 0 Å². The van der Waals surface area contributed by atoms with Crippen LogP contribution < -0.4 is 0 Å². The standard InChI is InChI=1S/C14H20N6O3/c21-13(22)11-1-4-14(23,5-2-11)8-20-7-12(17-18-20)3-6-19-10-15-9-16-19/h7,9-11,23H,1-6,8H2,(H,21,22). The van der Waals surface area contributed by atoms with Gasteiger partial charge >= 0.3 is 5.97 Å². The number of carbonyl (C=O) groups is 1. The van der Waals surface area contributed by atoms with Gasteiger partial charge in [-0.3, -0.25) is 9.48 Å². The SMILES string of the molecule is O=C(O)C1CCC(O)(Cn2cc(CCn3cncn3)nn2)CC1. The highest BCUT2D eigenvalue weighted by Gasteiger charge is 2.36. The summed E-state index contributed by atoms with van der Waals surface area (Å²) in [6.07, 6.45) is 7.57. The lowest BCUT2D eigenvalue weighted by Gasteiger charge is -2.34. The molecule has 2 aromatic rings. The minimum atomic E-state index is -0.900. The summed E-state index contributed by atoms with van der Waals surface area (Å²) in [7, 11) is 0. The van der Waals surface area contributed by atoms with Gasteiger partial charge < -0.3 is 10.2 Å². The summed E-state index contributed by atoms with van der Waals surface area (Å²) in [6.45, 7) is 1.01. The van der Waals surface area contributed by atoms with E-state index in [2.05, 4.69) is 20.4 Å². The zero-order valence-corrected chi connectivity index (χ0v) is 12.7. The monoisotopic (exact) mass is 320 g/mol. The van der Waals surface area contributed by atoms with E-state index in [1.165, 1.54) is 6.33 Å². The van der Waals surface area contributed by atoms with E-state index < -0.39 is 11.6 Å². The van der Waals surface area contributed by atoms with Gasteiger partial charge in [0.05, 0.1) is 23.8 Å². The summed E-state index contributed by atoms with van der Waals surface area (Å²) in [5.41, 5.74) is -0.0775. The largest absolute Gasteiger partial charge is 0.481 e. The molecule has 0 saturated heterocycles. The van der Waals surface area contributed by atoms with Gasteiger partial charge in [0, 0.05) is 19.2 Å². The van der Waals surface area contributed by atoms with Crippen LogP contribution in [0.4, 0.5) is 0 Å². The quantitative estimate of drug-likeness (QED) is 0.775. The van der Waals surface area contributed by atoms with Gasteiger partial charge in [0.1, 0.15) is 12.7 Å². The second-order valence-corrected chi connectivity index (χ2v) is 6.15. The Morgan fingerprint density at radius 2 is 2.13 bits per heavy atom. The second-order valence-electron chi connectivity index (χ2n) is 6.15. The van der Waals surface area contributed by atoms with Crippen LogP contribution in [0.3, 0.4) is 0 Å². The number of aliphatic carboxylic acids is 1. The molecule has 1 aliphatic carbocycles. The molecule has 0 unspecified atom stereocenters. The second kappa shape index (κ2) is 6.45. The number of carboxylic acids is 1. The summed E-state index contributed by atoms with van der Waals surface area (Å²) in [5.74, 6) is -1.12. The van der Waals surface area contributed by atoms with E-state index in [0.717, 1.165) is 5.69 Å². The average molecular weight is 320 g/mol. The van der Waals surface area contributed by atoms with Crippen molar-refractivity contribution in [1.82, 2.24) is 29.8 Å². The molecule has 9 nitrogen and oxygen atoms in total. The number of hydrogen-bond acceptors (Lipinski definition) is 6. The summed E-state index contributed by atoms with van der Waals surface area (Å²) in [6, 6.07) is 0. The third-order valence-corrected chi connectivity index (χ3v) is 4.37. The third-order valence-electron chi connectivity index (χ3n) is 4.37. The van der Waals surface area contributed by atoms with Crippen molar-refractivity contribution in [2.45, 2.75) is 50.8 Å². The van der Waals surface area contributed by atoms with Gasteiger partial charge in [0.15, 0.2) is 0 Å². The number of nitrogens with zero attached hydrogens (tertiary/aromatic N) is 6. The Bertz CT molecular complexity index is 645. The van der Waals surface area contributed by atoms with Gasteiger partial charge in [-0.1, -0.05) is 5.21 Å². The molecule has 1 saturated carbocycles. The van der Waals surface area contributed by atoms with Gasteiger partial charge in [-0.25, -0.2) is 9.67 Å². The normalized spacial score (nSPS) is 24.7. The molecule has 1 aliphatic rings. The maximum atomic E-state index is 11.0. The van der Waals surface area contributed by atoms with Crippen molar-refractivity contribution in [3.63, 3.8) is 0 Å². The zero-order valence-electron chi connectivity index (χ0n) is 12.7. The van der Waals surface area contributed by atoms with Crippen LogP contribution in [0.2, 0.25) is 0 Å². The van der Waals surface area contributed by atoms with Crippen LogP contribution in [0, 0.1) is 5.92 Å². The van der Waals surface area contributed by atoms with E-state index in [4.69, 9.17) is 5.11 Å². The summed E-state index contributed by atoms with van der Waals surface area (Å²) in [4.78, 5) is 14.9. The number of hydrogen-bond donors (Lipinski definition) is 2. The van der Waals surface area contributed by atoms with Crippen LogP contribution in [0.15, 0.2) is 18.9 Å². The Kier molecular flexibility index (Phi) is 4.37. The molecule has 2 N–H and O–H groups in total. The molecule has 0 bridgehead atoms. The molecular weight excluding hydrogens is 300 g/mol. The van der Waals surface area contributed by atoms with Gasteiger partial charge in [0.2, 0.25) is 0 Å². The van der Waals surface area contributed by atoms with E-state index in [1.54, 1.807) is 15.7 Å². The van der Waals surface area contributed by atoms with Crippen LogP contribution in [-0.4, -0.2) is 51.5 Å². The lowest BCUT2D eigenvalue weighted by atomic mass is 9.79. The maximum absolute atomic E-state index is 11.0. The first-order valence-corrected chi connectivity index (χ1v) is 7.71. The Balaban J connectivity index is 1.53. The Hall–Kier alpha value is -2.29. The van der Waals surface area contributed by atoms with Crippen molar-refractivity contribution in [1.29, 1.82) is 0 Å². The number of carboxylic acid groups (broad SMARTS) is 1. The summed E-state index contributed by atoms with van der Waals surface area (Å²) < 4.78 is 3.36. The van der Waals surface area contributed by atoms with Crippen LogP contribution >= 0.6 is 0 Å². The van der Waals surface area contributed by atoms with E-state index in [1.807, 2.05) is 6.20 Å². The van der Waals surface area contributed by atoms with Crippen LogP contribution in [0.5, 0.6) is 0 Å². The molecule has 0 spiro atoms. The zero-order chi connectivity index (χ0) is 16.3. The van der Waals surface area contributed by atoms with Gasteiger partial charge in [-0.05, 0) is 25.7 Å². The van der Waals surface area contributed by atoms with Crippen molar-refractivity contribution in [2.24, 2.45) is 5.92 Å². The van der Waals surface area contributed by atoms with Crippen molar-refractivity contribution in [3.05, 3.63) is 24.5 Å². The molecule has 0 aromatic carbocycles. The topological polar surface area (TPSA) is 119 Å². The molecule has 0 atom stereocenters. The highest BCUT2D eigenvalue weighted by atomic mass is 16.4. The van der Waals surface area contributed by atoms with Gasteiger partial charge in [-0.2, -0.15) is 5.10 Å². The molecular formula is C14H20N6O3. The predicted molar refractivity (Wildman–Crippen MR) is 78.3 cm³/mol. The molecule has 0 amide bonds. The lowest BCUT2D eigenvalue weighted by Crippen LogP contribution is -2.40. The van der Waals surface area contributed by atoms with E-state index in [-0.39, 0.29) is 5.92 Å². The third kappa shape index (κ3) is 3.92. The van der Waals surface area contributed by atoms with Crippen LogP contribution in [-0.2, 0) is 24.3 Å². The first-order chi connectivity index (χ1) is 11.0. The molecule has 124 valence electrons. The number of aromatic nitrogens is 6. The van der Waals surface area contributed by atoms with Crippen molar-refractivity contribution in [2.75, 3.05) is 0 Å². The minimum absolute atomic E-state index is 0.343. The number of rotatable bonds is 6. The molecule has 2 aromatic heterocycles. The van der Waals surface area contributed by atoms with Gasteiger partial charge in [-0.15, -0.1) is 5.10 Å². The molecule has 2 heterocycles. The first-order valence-electron chi connectivity index (χ1n) is 7.71. The maximum Gasteiger partial charge on any atom is 0.306 e. The Labute approximate surface area is 133 Å². The Morgan fingerprint density at radius 1 is 1.35 bits per heavy atom. The number of aryl methyl sites for hydroxylation is 2. The smallest absolute Gasteiger partial charge is 0.306 e. The summed E-state index contributed by atoms with van der Waals surface area (Å²) in [5, 5.41) is 31.8. The van der Waals surface area contributed by atoms with Crippen molar-refractivity contribution < 1.29 is 15.0 Å². The molecule has 9 heteroatoms. The predicted octanol–water partition coefficient (Wildman–Crippen LogP) is 0.118. The molecule has 3 rings (SSSR count). The van der Waals surface area contributed by atoms with Crippen molar-refractivity contribution in [3.8, 4) is 0 Å². The van der Waals surface area contributed by atoms with Crippen LogP contribution in [0.25, 0.3) is 0 Å². The van der Waals surface area contributed by atoms with E-state index in [9.17, 15) is 9.90 Å². The fourth-order valence-corrected chi connectivity index (χ4v) is 2.97. The minimum Gasteiger partial charge on any atom is -0.481 e. The van der Waals surface area contributed by atoms with Crippen LogP contribution in [0.1, 0.15) is 31.4 Å². The molecule has 0 radical (unpaired) electrons. The molecule has 23 heavy (non-hydrogen) atoms. The molecule has 1 fully saturated rings.